The summed E-state index contributed by atoms with van der Waals surface area (Å²) in [6.07, 6.45) is -11.2. The summed E-state index contributed by atoms with van der Waals surface area (Å²) in [5.74, 6) is -3.31. The fourth-order valence-electron chi connectivity index (χ4n) is 1.54. The summed E-state index contributed by atoms with van der Waals surface area (Å²) in [6.45, 7) is 0. The molecule has 11 heteroatoms. The van der Waals surface area contributed by atoms with E-state index in [1.807, 2.05) is 0 Å². The zero-order valence-corrected chi connectivity index (χ0v) is 9.12. The largest absolute Gasteiger partial charge is 0.472 e. The predicted molar refractivity (Wildman–Crippen MR) is 48.1 cm³/mol. The minimum Gasteiger partial charge on any atom is -0.387 e. The predicted octanol–water partition coefficient (Wildman–Crippen LogP) is -4.40. The van der Waals surface area contributed by atoms with Gasteiger partial charge in [0.1, 0.15) is 30.5 Å². The van der Waals surface area contributed by atoms with Gasteiger partial charge < -0.3 is 40.4 Å². The van der Waals surface area contributed by atoms with Crippen LogP contribution in [0, 0.1) is 0 Å². The molecule has 102 valence electrons. The number of rotatable bonds is 2. The van der Waals surface area contributed by atoms with Gasteiger partial charge in [-0.1, -0.05) is 0 Å². The summed E-state index contributed by atoms with van der Waals surface area (Å²) in [4.78, 5) is 17.0. The average molecular weight is 276 g/mol. The molecular formula is C6H13O10P. The number of aliphatic hydroxyl groups is 6. The Morgan fingerprint density at radius 1 is 0.882 bits per heavy atom. The van der Waals surface area contributed by atoms with Crippen molar-refractivity contribution >= 4 is 7.82 Å². The van der Waals surface area contributed by atoms with E-state index in [1.165, 1.54) is 0 Å². The van der Waals surface area contributed by atoms with Crippen LogP contribution in [0.5, 0.6) is 0 Å². The quantitative estimate of drug-likeness (QED) is 0.180. The van der Waals surface area contributed by atoms with Crippen molar-refractivity contribution in [1.82, 2.24) is 0 Å². The van der Waals surface area contributed by atoms with Gasteiger partial charge in [-0.2, -0.15) is 0 Å². The van der Waals surface area contributed by atoms with Gasteiger partial charge in [0.25, 0.3) is 0 Å². The molecule has 1 saturated carbocycles. The van der Waals surface area contributed by atoms with E-state index < -0.39 is 44.1 Å². The molecule has 17 heavy (non-hydrogen) atoms. The third-order valence-corrected chi connectivity index (χ3v) is 2.99. The van der Waals surface area contributed by atoms with E-state index in [4.69, 9.17) is 14.9 Å². The van der Waals surface area contributed by atoms with Gasteiger partial charge in [-0.25, -0.2) is 9.09 Å². The molecule has 0 aliphatic heterocycles. The third-order valence-electron chi connectivity index (χ3n) is 2.46. The van der Waals surface area contributed by atoms with Gasteiger partial charge >= 0.3 is 7.82 Å². The second-order valence-electron chi connectivity index (χ2n) is 3.70. The van der Waals surface area contributed by atoms with Gasteiger partial charge in [-0.15, -0.1) is 0 Å². The maximum atomic E-state index is 10.6. The average Bonchev–Trinajstić information content (AvgIpc) is 2.19. The van der Waals surface area contributed by atoms with Gasteiger partial charge in [0.05, 0.1) is 0 Å². The Labute approximate surface area is 94.6 Å². The Balaban J connectivity index is 3.08. The highest BCUT2D eigenvalue weighted by atomic mass is 31.2. The van der Waals surface area contributed by atoms with E-state index in [0.717, 1.165) is 0 Å². The Bertz CT molecular complexity index is 311. The maximum Gasteiger partial charge on any atom is 0.472 e. The van der Waals surface area contributed by atoms with Crippen LogP contribution in [-0.4, -0.2) is 76.7 Å². The van der Waals surface area contributed by atoms with E-state index in [9.17, 15) is 30.1 Å². The first-order valence-electron chi connectivity index (χ1n) is 4.39. The lowest BCUT2D eigenvalue weighted by Crippen LogP contribution is -2.71. The lowest BCUT2D eigenvalue weighted by atomic mass is 9.82. The van der Waals surface area contributed by atoms with E-state index in [0.29, 0.717) is 0 Å². The van der Waals surface area contributed by atoms with E-state index in [-0.39, 0.29) is 0 Å². The smallest absolute Gasteiger partial charge is 0.387 e. The fraction of sp³-hybridized carbons (Fsp3) is 1.00. The van der Waals surface area contributed by atoms with E-state index >= 15 is 0 Å². The van der Waals surface area contributed by atoms with Crippen LogP contribution < -0.4 is 0 Å². The van der Waals surface area contributed by atoms with Crippen LogP contribution in [0.25, 0.3) is 0 Å². The normalized spacial score (nSPS) is 48.1. The van der Waals surface area contributed by atoms with Crippen molar-refractivity contribution in [1.29, 1.82) is 0 Å². The molecule has 0 amide bonds. The van der Waals surface area contributed by atoms with Crippen molar-refractivity contribution in [2.45, 2.75) is 36.3 Å². The van der Waals surface area contributed by atoms with Crippen molar-refractivity contribution in [3.63, 3.8) is 0 Å². The lowest BCUT2D eigenvalue weighted by Gasteiger charge is -2.46. The molecule has 0 saturated heterocycles. The molecule has 1 rings (SSSR count). The van der Waals surface area contributed by atoms with Gasteiger partial charge in [0, 0.05) is 0 Å². The van der Waals surface area contributed by atoms with Gasteiger partial charge in [-0.3, -0.25) is 0 Å². The van der Waals surface area contributed by atoms with Crippen molar-refractivity contribution in [2.75, 3.05) is 0 Å². The summed E-state index contributed by atoms with van der Waals surface area (Å²) in [7, 11) is -5.32. The molecule has 1 aliphatic carbocycles. The highest BCUT2D eigenvalue weighted by Crippen LogP contribution is 2.45. The lowest BCUT2D eigenvalue weighted by molar-refractivity contribution is -0.336. The van der Waals surface area contributed by atoms with Gasteiger partial charge in [0.15, 0.2) is 0 Å². The summed E-state index contributed by atoms with van der Waals surface area (Å²) in [5, 5.41) is 55.7. The molecular weight excluding hydrogens is 263 g/mol. The van der Waals surface area contributed by atoms with Crippen molar-refractivity contribution < 1.29 is 49.5 Å². The fourth-order valence-corrected chi connectivity index (χ4v) is 2.14. The molecule has 0 radical (unpaired) electrons. The van der Waals surface area contributed by atoms with Crippen molar-refractivity contribution in [2.24, 2.45) is 0 Å². The Kier molecular flexibility index (Phi) is 3.97. The number of hydrogen-bond donors (Lipinski definition) is 8. The molecule has 2 unspecified atom stereocenters. The van der Waals surface area contributed by atoms with Crippen molar-refractivity contribution in [3.05, 3.63) is 0 Å². The molecule has 1 aliphatic rings. The van der Waals surface area contributed by atoms with Crippen LogP contribution in [0.15, 0.2) is 0 Å². The number of phosphoric acid groups is 1. The van der Waals surface area contributed by atoms with Crippen molar-refractivity contribution in [3.8, 4) is 0 Å². The molecule has 0 spiro atoms. The SMILES string of the molecule is O=P(O)(O)OC1(O)[C@H](O)[C@H](O)C(O)[C@H](O)[C@H]1O. The second kappa shape index (κ2) is 4.52. The molecule has 10 nitrogen and oxygen atoms in total. The molecule has 8 N–H and O–H groups in total. The Hall–Kier alpha value is -0.130. The minimum absolute atomic E-state index is 2.01. The van der Waals surface area contributed by atoms with E-state index in [2.05, 4.69) is 4.52 Å². The third kappa shape index (κ3) is 2.66. The highest BCUT2D eigenvalue weighted by molar-refractivity contribution is 7.46. The van der Waals surface area contributed by atoms with E-state index in [1.54, 1.807) is 0 Å². The molecule has 1 fully saturated rings. The van der Waals surface area contributed by atoms with Crippen LogP contribution in [-0.2, 0) is 9.09 Å². The number of hydrogen-bond acceptors (Lipinski definition) is 8. The van der Waals surface area contributed by atoms with Crippen LogP contribution in [0.2, 0.25) is 0 Å². The number of phosphoric ester groups is 1. The van der Waals surface area contributed by atoms with Crippen LogP contribution in [0.3, 0.4) is 0 Å². The number of aliphatic hydroxyl groups excluding tert-OH is 5. The van der Waals surface area contributed by atoms with Crippen LogP contribution >= 0.6 is 7.82 Å². The first-order valence-corrected chi connectivity index (χ1v) is 5.92. The summed E-state index contributed by atoms with van der Waals surface area (Å²) in [6, 6.07) is 0. The van der Waals surface area contributed by atoms with Gasteiger partial charge in [0.2, 0.25) is 5.79 Å². The topological polar surface area (TPSA) is 188 Å². The molecule has 0 aromatic heterocycles. The minimum atomic E-state index is -5.32. The summed E-state index contributed by atoms with van der Waals surface area (Å²) >= 11 is 0. The molecule has 6 atom stereocenters. The maximum absolute atomic E-state index is 10.6. The van der Waals surface area contributed by atoms with Gasteiger partial charge in [-0.05, 0) is 0 Å². The highest BCUT2D eigenvalue weighted by Gasteiger charge is 2.61. The molecule has 0 aromatic rings. The standard InChI is InChI=1S/C6H13O10P/c7-1-2(8)4(10)6(12,5(11)3(1)9)16-17(13,14)15/h1-5,7-12H,(H2,13,14,15)/t1?,2-,3+,4-,5-,6?/m1/s1. The second-order valence-corrected chi connectivity index (χ2v) is 4.86. The zero-order valence-electron chi connectivity index (χ0n) is 8.23. The Morgan fingerprint density at radius 3 is 1.53 bits per heavy atom. The molecule has 0 bridgehead atoms. The zero-order chi connectivity index (χ0) is 13.6. The molecule has 0 aromatic carbocycles. The Morgan fingerprint density at radius 2 is 1.24 bits per heavy atom. The van der Waals surface area contributed by atoms with Crippen LogP contribution in [0.1, 0.15) is 0 Å². The molecule has 0 heterocycles. The van der Waals surface area contributed by atoms with Crippen LogP contribution in [0.4, 0.5) is 0 Å². The summed E-state index contributed by atoms with van der Waals surface area (Å²) in [5.41, 5.74) is 0. The first kappa shape index (κ1) is 14.9. The summed E-state index contributed by atoms with van der Waals surface area (Å²) < 4.78 is 14.3. The first-order chi connectivity index (χ1) is 7.50. The monoisotopic (exact) mass is 276 g/mol.